The lowest BCUT2D eigenvalue weighted by Crippen LogP contribution is -2.42. The summed E-state index contributed by atoms with van der Waals surface area (Å²) in [6.45, 7) is 4.07. The van der Waals surface area contributed by atoms with Crippen LogP contribution in [0.25, 0.3) is 0 Å². The van der Waals surface area contributed by atoms with Crippen molar-refractivity contribution in [3.8, 4) is 0 Å². The van der Waals surface area contributed by atoms with Gasteiger partial charge in [0.15, 0.2) is 5.78 Å². The van der Waals surface area contributed by atoms with Gasteiger partial charge in [0.05, 0.1) is 4.92 Å². The molecule has 2 atom stereocenters. The molecule has 0 bridgehead atoms. The van der Waals surface area contributed by atoms with E-state index in [1.165, 1.54) is 12.1 Å². The summed E-state index contributed by atoms with van der Waals surface area (Å²) in [4.78, 5) is 37.0. The monoisotopic (exact) mass is 410 g/mol. The average Bonchev–Trinajstić information content (AvgIpc) is 2.73. The molecule has 2 unspecified atom stereocenters. The van der Waals surface area contributed by atoms with Gasteiger partial charge in [-0.3, -0.25) is 19.7 Å². The summed E-state index contributed by atoms with van der Waals surface area (Å²) in [6, 6.07) is 6.20. The van der Waals surface area contributed by atoms with E-state index in [4.69, 9.17) is 4.74 Å². The summed E-state index contributed by atoms with van der Waals surface area (Å²) in [5.41, 5.74) is 2.30. The standard InChI is InChI=1S/C23H26N2O5/c1-14-20(23(27)30-17-9-3-2-4-10-17)21(15-7-5-8-16(13-15)25(28)29)22-18(24-14)11-6-12-19(22)26/h5,7-8,13,17,20-21,24H,1-4,6,9-12H2. The Morgan fingerprint density at radius 2 is 1.93 bits per heavy atom. The highest BCUT2D eigenvalue weighted by atomic mass is 16.6. The maximum absolute atomic E-state index is 13.3. The van der Waals surface area contributed by atoms with Gasteiger partial charge in [0, 0.05) is 41.4 Å². The number of ether oxygens (including phenoxy) is 1. The van der Waals surface area contributed by atoms with Crippen LogP contribution in [0.5, 0.6) is 0 Å². The lowest BCUT2D eigenvalue weighted by molar-refractivity contribution is -0.384. The number of non-ortho nitro benzene ring substituents is 1. The maximum Gasteiger partial charge on any atom is 0.316 e. The van der Waals surface area contributed by atoms with Gasteiger partial charge in [0.2, 0.25) is 0 Å². The molecule has 1 saturated carbocycles. The Hall–Kier alpha value is -2.96. The molecular formula is C23H26N2O5. The lowest BCUT2D eigenvalue weighted by Gasteiger charge is -2.38. The van der Waals surface area contributed by atoms with Crippen molar-refractivity contribution in [2.24, 2.45) is 5.92 Å². The molecule has 1 aromatic rings. The van der Waals surface area contributed by atoms with Crippen molar-refractivity contribution in [2.45, 2.75) is 63.4 Å². The Bertz CT molecular complexity index is 929. The van der Waals surface area contributed by atoms with Crippen LogP contribution in [0.2, 0.25) is 0 Å². The summed E-state index contributed by atoms with van der Waals surface area (Å²) < 4.78 is 5.84. The molecule has 3 aliphatic rings. The van der Waals surface area contributed by atoms with Gasteiger partial charge in [-0.2, -0.15) is 0 Å². The van der Waals surface area contributed by atoms with Crippen LogP contribution in [0, 0.1) is 16.0 Å². The summed E-state index contributed by atoms with van der Waals surface area (Å²) in [7, 11) is 0. The number of nitro groups is 1. The number of esters is 1. The third kappa shape index (κ3) is 3.88. The van der Waals surface area contributed by atoms with Crippen molar-refractivity contribution < 1.29 is 19.2 Å². The highest BCUT2D eigenvalue weighted by Crippen LogP contribution is 2.45. The zero-order valence-corrected chi connectivity index (χ0v) is 16.9. The third-order valence-electron chi connectivity index (χ3n) is 6.32. The molecular weight excluding hydrogens is 384 g/mol. The highest BCUT2D eigenvalue weighted by Gasteiger charge is 2.44. The van der Waals surface area contributed by atoms with E-state index in [0.29, 0.717) is 29.7 Å². The highest BCUT2D eigenvalue weighted by molar-refractivity contribution is 6.00. The summed E-state index contributed by atoms with van der Waals surface area (Å²) in [5.74, 6) is -1.86. The van der Waals surface area contributed by atoms with E-state index in [2.05, 4.69) is 11.9 Å². The number of carbonyl (C=O) groups excluding carboxylic acids is 2. The molecule has 0 aromatic heterocycles. The van der Waals surface area contributed by atoms with Gasteiger partial charge >= 0.3 is 5.97 Å². The minimum absolute atomic E-state index is 0.0248. The number of nitrogens with one attached hydrogen (secondary N) is 1. The van der Waals surface area contributed by atoms with Crippen LogP contribution in [0.15, 0.2) is 47.8 Å². The number of hydrogen-bond donors (Lipinski definition) is 1. The molecule has 1 heterocycles. The van der Waals surface area contributed by atoms with Crippen molar-refractivity contribution in [3.63, 3.8) is 0 Å². The molecule has 1 aliphatic heterocycles. The van der Waals surface area contributed by atoms with Crippen LogP contribution in [-0.2, 0) is 14.3 Å². The first kappa shape index (κ1) is 20.3. The topological polar surface area (TPSA) is 98.5 Å². The minimum atomic E-state index is -0.797. The van der Waals surface area contributed by atoms with Crippen LogP contribution in [0.4, 0.5) is 5.69 Å². The molecule has 158 valence electrons. The summed E-state index contributed by atoms with van der Waals surface area (Å²) in [5, 5.41) is 14.5. The fourth-order valence-electron chi connectivity index (χ4n) is 4.88. The smallest absolute Gasteiger partial charge is 0.316 e. The van der Waals surface area contributed by atoms with E-state index < -0.39 is 22.7 Å². The SMILES string of the molecule is C=C1NC2=C(C(=O)CCC2)C(c2cccc([N+](=O)[O-])c2)C1C(=O)OC1CCCCC1. The van der Waals surface area contributed by atoms with Gasteiger partial charge in [-0.05, 0) is 44.1 Å². The Morgan fingerprint density at radius 3 is 2.67 bits per heavy atom. The van der Waals surface area contributed by atoms with E-state index in [1.807, 2.05) is 0 Å². The first-order valence-electron chi connectivity index (χ1n) is 10.6. The average molecular weight is 410 g/mol. The third-order valence-corrected chi connectivity index (χ3v) is 6.32. The number of ketones is 1. The number of allylic oxidation sites excluding steroid dienone is 2. The summed E-state index contributed by atoms with van der Waals surface area (Å²) >= 11 is 0. The predicted molar refractivity (Wildman–Crippen MR) is 110 cm³/mol. The first-order valence-corrected chi connectivity index (χ1v) is 10.6. The normalized spacial score (nSPS) is 24.8. The number of carbonyl (C=O) groups is 2. The van der Waals surface area contributed by atoms with Crippen LogP contribution >= 0.6 is 0 Å². The zero-order valence-electron chi connectivity index (χ0n) is 16.9. The molecule has 1 aromatic carbocycles. The fourth-order valence-corrected chi connectivity index (χ4v) is 4.88. The van der Waals surface area contributed by atoms with Gasteiger partial charge in [0.25, 0.3) is 5.69 Å². The van der Waals surface area contributed by atoms with Crippen molar-refractivity contribution in [1.29, 1.82) is 0 Å². The van der Waals surface area contributed by atoms with Gasteiger partial charge in [-0.15, -0.1) is 0 Å². The zero-order chi connectivity index (χ0) is 21.3. The van der Waals surface area contributed by atoms with Crippen LogP contribution in [0.3, 0.4) is 0 Å². The molecule has 0 amide bonds. The van der Waals surface area contributed by atoms with E-state index in [-0.39, 0.29) is 17.6 Å². The van der Waals surface area contributed by atoms with Crippen LogP contribution in [-0.4, -0.2) is 22.8 Å². The summed E-state index contributed by atoms with van der Waals surface area (Å²) in [6.07, 6.45) is 6.59. The lowest BCUT2D eigenvalue weighted by atomic mass is 9.71. The quantitative estimate of drug-likeness (QED) is 0.452. The predicted octanol–water partition coefficient (Wildman–Crippen LogP) is 4.29. The number of nitrogens with zero attached hydrogens (tertiary/aromatic N) is 1. The van der Waals surface area contributed by atoms with E-state index in [0.717, 1.165) is 44.2 Å². The molecule has 30 heavy (non-hydrogen) atoms. The van der Waals surface area contributed by atoms with Gasteiger partial charge in [-0.25, -0.2) is 0 Å². The largest absolute Gasteiger partial charge is 0.462 e. The molecule has 0 saturated heterocycles. The molecule has 0 spiro atoms. The molecule has 0 radical (unpaired) electrons. The fraction of sp³-hybridized carbons (Fsp3) is 0.478. The molecule has 7 heteroatoms. The first-order chi connectivity index (χ1) is 14.5. The van der Waals surface area contributed by atoms with Crippen molar-refractivity contribution >= 4 is 17.4 Å². The Labute approximate surface area is 175 Å². The minimum Gasteiger partial charge on any atom is -0.462 e. The van der Waals surface area contributed by atoms with Crippen molar-refractivity contribution in [3.05, 3.63) is 63.5 Å². The molecule has 2 aliphatic carbocycles. The molecule has 4 rings (SSSR count). The number of benzene rings is 1. The number of nitro benzene ring substituents is 1. The number of hydrogen-bond acceptors (Lipinski definition) is 6. The molecule has 7 nitrogen and oxygen atoms in total. The van der Waals surface area contributed by atoms with Crippen molar-refractivity contribution in [1.82, 2.24) is 5.32 Å². The Kier molecular flexibility index (Phi) is 5.70. The molecule has 1 N–H and O–H groups in total. The van der Waals surface area contributed by atoms with E-state index in [1.54, 1.807) is 12.1 Å². The van der Waals surface area contributed by atoms with E-state index >= 15 is 0 Å². The van der Waals surface area contributed by atoms with E-state index in [9.17, 15) is 19.7 Å². The van der Waals surface area contributed by atoms with Crippen LogP contribution in [0.1, 0.15) is 62.8 Å². The van der Waals surface area contributed by atoms with Crippen LogP contribution < -0.4 is 5.32 Å². The van der Waals surface area contributed by atoms with Gasteiger partial charge in [-0.1, -0.05) is 25.1 Å². The number of rotatable bonds is 4. The van der Waals surface area contributed by atoms with Gasteiger partial charge < -0.3 is 10.1 Å². The Morgan fingerprint density at radius 1 is 1.17 bits per heavy atom. The maximum atomic E-state index is 13.3. The van der Waals surface area contributed by atoms with Crippen molar-refractivity contribution in [2.75, 3.05) is 0 Å². The number of Topliss-reactive ketones (excluding diaryl/α,β-unsaturated/α-hetero) is 1. The molecule has 1 fully saturated rings. The Balaban J connectivity index is 1.75. The second kappa shape index (κ2) is 8.42. The van der Waals surface area contributed by atoms with Gasteiger partial charge in [0.1, 0.15) is 12.0 Å². The second-order valence-corrected chi connectivity index (χ2v) is 8.32. The second-order valence-electron chi connectivity index (χ2n) is 8.32.